The zero-order valence-electron chi connectivity index (χ0n) is 11.0. The van der Waals surface area contributed by atoms with Gasteiger partial charge in [0.05, 0.1) is 6.54 Å². The van der Waals surface area contributed by atoms with Crippen LogP contribution in [0, 0.1) is 12.3 Å². The van der Waals surface area contributed by atoms with Gasteiger partial charge in [-0.25, -0.2) is 0 Å². The largest absolute Gasteiger partial charge is 0.355 e. The molecular formula is C13H20IN3S. The molecule has 5 heteroatoms. The highest BCUT2D eigenvalue weighted by Gasteiger charge is 2.21. The van der Waals surface area contributed by atoms with Crippen LogP contribution >= 0.6 is 35.3 Å². The van der Waals surface area contributed by atoms with E-state index in [9.17, 15) is 0 Å². The fraction of sp³-hybridized carbons (Fsp3) is 0.462. The van der Waals surface area contributed by atoms with Crippen molar-refractivity contribution in [2.75, 3.05) is 20.1 Å². The van der Waals surface area contributed by atoms with Crippen molar-refractivity contribution in [2.45, 2.75) is 19.3 Å². The molecule has 0 aliphatic heterocycles. The van der Waals surface area contributed by atoms with E-state index in [-0.39, 0.29) is 29.4 Å². The SMILES string of the molecule is C#CCNC(=NC)NCC(C)(C)c1cccs1.I. The van der Waals surface area contributed by atoms with Crippen molar-refractivity contribution < 1.29 is 0 Å². The van der Waals surface area contributed by atoms with Gasteiger partial charge in [-0.2, -0.15) is 0 Å². The fourth-order valence-electron chi connectivity index (χ4n) is 1.41. The van der Waals surface area contributed by atoms with Crippen LogP contribution in [0.25, 0.3) is 0 Å². The van der Waals surface area contributed by atoms with E-state index in [1.807, 2.05) is 0 Å². The van der Waals surface area contributed by atoms with Gasteiger partial charge in [0.1, 0.15) is 0 Å². The summed E-state index contributed by atoms with van der Waals surface area (Å²) in [5, 5.41) is 8.43. The number of thiophene rings is 1. The highest BCUT2D eigenvalue weighted by molar-refractivity contribution is 14.0. The van der Waals surface area contributed by atoms with Crippen LogP contribution in [0.15, 0.2) is 22.5 Å². The van der Waals surface area contributed by atoms with Crippen LogP contribution in [0.5, 0.6) is 0 Å². The molecular weight excluding hydrogens is 357 g/mol. The van der Waals surface area contributed by atoms with E-state index >= 15 is 0 Å². The molecule has 1 aromatic heterocycles. The third-order valence-electron chi connectivity index (χ3n) is 2.47. The van der Waals surface area contributed by atoms with Gasteiger partial charge in [-0.15, -0.1) is 41.7 Å². The lowest BCUT2D eigenvalue weighted by molar-refractivity contribution is 0.519. The summed E-state index contributed by atoms with van der Waals surface area (Å²) in [6.07, 6.45) is 5.20. The number of nitrogens with zero attached hydrogens (tertiary/aromatic N) is 1. The van der Waals surface area contributed by atoms with Crippen LogP contribution in [0.2, 0.25) is 0 Å². The molecule has 0 atom stereocenters. The third kappa shape index (κ3) is 5.27. The minimum atomic E-state index is 0. The third-order valence-corrected chi connectivity index (χ3v) is 3.70. The van der Waals surface area contributed by atoms with Crippen molar-refractivity contribution in [1.82, 2.24) is 10.6 Å². The van der Waals surface area contributed by atoms with Gasteiger partial charge in [-0.05, 0) is 11.4 Å². The summed E-state index contributed by atoms with van der Waals surface area (Å²) in [7, 11) is 1.74. The topological polar surface area (TPSA) is 36.4 Å². The van der Waals surface area contributed by atoms with E-state index in [0.717, 1.165) is 12.5 Å². The number of hydrogen-bond acceptors (Lipinski definition) is 2. The Morgan fingerprint density at radius 3 is 2.72 bits per heavy atom. The zero-order chi connectivity index (χ0) is 12.7. The first-order valence-corrected chi connectivity index (χ1v) is 6.40. The Balaban J connectivity index is 0.00000289. The van der Waals surface area contributed by atoms with E-state index in [1.165, 1.54) is 4.88 Å². The number of terminal acetylenes is 1. The molecule has 0 saturated carbocycles. The number of rotatable bonds is 4. The average molecular weight is 377 g/mol. The molecule has 0 aliphatic carbocycles. The Hall–Kier alpha value is -0.740. The van der Waals surface area contributed by atoms with Crippen LogP contribution in [-0.4, -0.2) is 26.1 Å². The van der Waals surface area contributed by atoms with Crippen LogP contribution in [-0.2, 0) is 5.41 Å². The normalized spacial score (nSPS) is 11.3. The molecule has 0 aliphatic rings. The molecule has 2 N–H and O–H groups in total. The first kappa shape index (κ1) is 17.3. The van der Waals surface area contributed by atoms with Crippen molar-refractivity contribution in [3.63, 3.8) is 0 Å². The molecule has 100 valence electrons. The van der Waals surface area contributed by atoms with Crippen molar-refractivity contribution in [1.29, 1.82) is 0 Å². The van der Waals surface area contributed by atoms with E-state index in [2.05, 4.69) is 52.9 Å². The second-order valence-electron chi connectivity index (χ2n) is 4.34. The molecule has 3 nitrogen and oxygen atoms in total. The summed E-state index contributed by atoms with van der Waals surface area (Å²) in [5.74, 6) is 3.27. The standard InChI is InChI=1S/C13H19N3S.HI/c1-5-8-15-12(14-4)16-10-13(2,3)11-7-6-9-17-11;/h1,6-7,9H,8,10H2,2-4H3,(H2,14,15,16);1H. The molecule has 0 unspecified atom stereocenters. The molecule has 18 heavy (non-hydrogen) atoms. The number of guanidine groups is 1. The molecule has 0 saturated heterocycles. The van der Waals surface area contributed by atoms with E-state index in [4.69, 9.17) is 6.42 Å². The predicted octanol–water partition coefficient (Wildman–Crippen LogP) is 2.44. The van der Waals surface area contributed by atoms with E-state index in [1.54, 1.807) is 18.4 Å². The Labute approximate surface area is 130 Å². The predicted molar refractivity (Wildman–Crippen MR) is 91.0 cm³/mol. The lowest BCUT2D eigenvalue weighted by atomic mass is 9.91. The van der Waals surface area contributed by atoms with Gasteiger partial charge in [-0.1, -0.05) is 25.8 Å². The highest BCUT2D eigenvalue weighted by atomic mass is 127. The maximum atomic E-state index is 5.20. The van der Waals surface area contributed by atoms with Gasteiger partial charge in [0.25, 0.3) is 0 Å². The zero-order valence-corrected chi connectivity index (χ0v) is 14.1. The van der Waals surface area contributed by atoms with E-state index < -0.39 is 0 Å². The van der Waals surface area contributed by atoms with Gasteiger partial charge in [0.15, 0.2) is 5.96 Å². The summed E-state index contributed by atoms with van der Waals surface area (Å²) >= 11 is 1.77. The molecule has 1 heterocycles. The Morgan fingerprint density at radius 1 is 1.50 bits per heavy atom. The lowest BCUT2D eigenvalue weighted by Crippen LogP contribution is -2.43. The average Bonchev–Trinajstić information content (AvgIpc) is 2.83. The van der Waals surface area contributed by atoms with Gasteiger partial charge < -0.3 is 10.6 Å². The molecule has 0 amide bonds. The minimum Gasteiger partial charge on any atom is -0.355 e. The molecule has 0 spiro atoms. The van der Waals surface area contributed by atoms with E-state index in [0.29, 0.717) is 6.54 Å². The highest BCUT2D eigenvalue weighted by Crippen LogP contribution is 2.26. The van der Waals surface area contributed by atoms with Crippen molar-refractivity contribution in [3.05, 3.63) is 22.4 Å². The van der Waals surface area contributed by atoms with Gasteiger partial charge in [0, 0.05) is 23.9 Å². The minimum absolute atomic E-state index is 0. The summed E-state index contributed by atoms with van der Waals surface area (Å²) in [6, 6.07) is 4.23. The van der Waals surface area contributed by atoms with Crippen molar-refractivity contribution in [2.24, 2.45) is 4.99 Å². The summed E-state index contributed by atoms with van der Waals surface area (Å²) in [6.45, 7) is 5.72. The summed E-state index contributed by atoms with van der Waals surface area (Å²) < 4.78 is 0. The summed E-state index contributed by atoms with van der Waals surface area (Å²) in [5.41, 5.74) is 0.0852. The maximum Gasteiger partial charge on any atom is 0.191 e. The first-order valence-electron chi connectivity index (χ1n) is 5.52. The number of aliphatic imine (C=N–C) groups is 1. The molecule has 0 fully saturated rings. The monoisotopic (exact) mass is 377 g/mol. The van der Waals surface area contributed by atoms with Crippen LogP contribution in [0.4, 0.5) is 0 Å². The van der Waals surface area contributed by atoms with Crippen LogP contribution in [0.3, 0.4) is 0 Å². The van der Waals surface area contributed by atoms with Gasteiger partial charge in [-0.3, -0.25) is 4.99 Å². The lowest BCUT2D eigenvalue weighted by Gasteiger charge is -2.24. The maximum absolute atomic E-state index is 5.20. The second-order valence-corrected chi connectivity index (χ2v) is 5.29. The number of halogens is 1. The Morgan fingerprint density at radius 2 is 2.22 bits per heavy atom. The molecule has 0 aromatic carbocycles. The first-order chi connectivity index (χ1) is 8.10. The fourth-order valence-corrected chi connectivity index (χ4v) is 2.26. The molecule has 0 bridgehead atoms. The van der Waals surface area contributed by atoms with Crippen LogP contribution in [0.1, 0.15) is 18.7 Å². The van der Waals surface area contributed by atoms with Crippen molar-refractivity contribution in [3.8, 4) is 12.3 Å². The molecule has 1 rings (SSSR count). The van der Waals surface area contributed by atoms with Crippen molar-refractivity contribution >= 4 is 41.3 Å². The summed E-state index contributed by atoms with van der Waals surface area (Å²) in [4.78, 5) is 5.47. The smallest absolute Gasteiger partial charge is 0.191 e. The van der Waals surface area contributed by atoms with Gasteiger partial charge >= 0.3 is 0 Å². The number of nitrogens with one attached hydrogen (secondary N) is 2. The number of hydrogen-bond donors (Lipinski definition) is 2. The molecule has 0 radical (unpaired) electrons. The molecule has 1 aromatic rings. The Kier molecular flexibility index (Phi) is 8.03. The van der Waals surface area contributed by atoms with Gasteiger partial charge in [0.2, 0.25) is 0 Å². The van der Waals surface area contributed by atoms with Crippen LogP contribution < -0.4 is 10.6 Å². The second kappa shape index (κ2) is 8.38. The quantitative estimate of drug-likeness (QED) is 0.366. The Bertz CT molecular complexity index is 404.